The van der Waals surface area contributed by atoms with Crippen LogP contribution < -0.4 is 5.32 Å². The van der Waals surface area contributed by atoms with E-state index in [0.29, 0.717) is 11.3 Å². The highest BCUT2D eigenvalue weighted by molar-refractivity contribution is 6.04. The number of benzene rings is 2. The maximum atomic E-state index is 14.0. The third-order valence-electron chi connectivity index (χ3n) is 5.79. The molecule has 8 nitrogen and oxygen atoms in total. The highest BCUT2D eigenvalue weighted by Gasteiger charge is 2.44. The number of carboxylic acids is 1. The lowest BCUT2D eigenvalue weighted by molar-refractivity contribution is -0.136. The van der Waals surface area contributed by atoms with Crippen molar-refractivity contribution in [3.63, 3.8) is 0 Å². The predicted molar refractivity (Wildman–Crippen MR) is 114 cm³/mol. The standard InChI is InChI=1S/C23H20F2N4O4/c1-23(2)19-15(11-29(23)18(30)10-14-16(24)4-3-5-17(14)25)20(28-27-19)26-21(31)12-6-8-13(9-7-12)22(32)33/h3-9H,10-11H2,1-2H3,(H,32,33)(H2,26,27,28,31). The Morgan fingerprint density at radius 3 is 2.30 bits per heavy atom. The summed E-state index contributed by atoms with van der Waals surface area (Å²) in [5.74, 6) is -3.44. The first-order chi connectivity index (χ1) is 15.6. The number of aromatic carboxylic acids is 1. The molecule has 0 unspecified atom stereocenters. The second-order valence-electron chi connectivity index (χ2n) is 8.18. The van der Waals surface area contributed by atoms with E-state index < -0.39 is 41.4 Å². The van der Waals surface area contributed by atoms with Crippen LogP contribution in [0.5, 0.6) is 0 Å². The molecule has 0 saturated carbocycles. The number of carbonyl (C=O) groups is 3. The number of aromatic nitrogens is 2. The average molecular weight is 454 g/mol. The maximum absolute atomic E-state index is 14.0. The SMILES string of the molecule is CC1(C)c2[nH]nc(NC(=O)c3ccc(C(=O)O)cc3)c2CN1C(=O)Cc1c(F)cccc1F. The van der Waals surface area contributed by atoms with Crippen molar-refractivity contribution in [2.45, 2.75) is 32.4 Å². The second-order valence-corrected chi connectivity index (χ2v) is 8.18. The summed E-state index contributed by atoms with van der Waals surface area (Å²) in [5.41, 5.74) is 0.309. The smallest absolute Gasteiger partial charge is 0.335 e. The van der Waals surface area contributed by atoms with Crippen LogP contribution in [0.4, 0.5) is 14.6 Å². The number of hydrogen-bond donors (Lipinski definition) is 3. The lowest BCUT2D eigenvalue weighted by Gasteiger charge is -2.32. The number of carbonyl (C=O) groups excluding carboxylic acids is 2. The molecule has 0 spiro atoms. The molecule has 0 radical (unpaired) electrons. The van der Waals surface area contributed by atoms with Gasteiger partial charge in [-0.1, -0.05) is 6.07 Å². The monoisotopic (exact) mass is 454 g/mol. The molecule has 0 aliphatic carbocycles. The van der Waals surface area contributed by atoms with Gasteiger partial charge in [-0.2, -0.15) is 5.10 Å². The molecular formula is C23H20F2N4O4. The number of nitrogens with zero attached hydrogens (tertiary/aromatic N) is 2. The van der Waals surface area contributed by atoms with Crippen LogP contribution in [-0.2, 0) is 23.3 Å². The molecule has 2 heterocycles. The molecule has 2 amide bonds. The van der Waals surface area contributed by atoms with Crippen molar-refractivity contribution in [3.8, 4) is 0 Å². The van der Waals surface area contributed by atoms with Crippen molar-refractivity contribution in [2.75, 3.05) is 5.32 Å². The van der Waals surface area contributed by atoms with Gasteiger partial charge in [-0.15, -0.1) is 0 Å². The van der Waals surface area contributed by atoms with Crippen LogP contribution in [0.3, 0.4) is 0 Å². The molecule has 3 aromatic rings. The summed E-state index contributed by atoms with van der Waals surface area (Å²) in [6.07, 6.45) is -0.447. The number of fused-ring (bicyclic) bond motifs is 1. The van der Waals surface area contributed by atoms with Crippen LogP contribution in [0.2, 0.25) is 0 Å². The van der Waals surface area contributed by atoms with Gasteiger partial charge in [0.05, 0.1) is 29.8 Å². The molecule has 10 heteroatoms. The number of anilines is 1. The Balaban J connectivity index is 1.53. The van der Waals surface area contributed by atoms with Crippen molar-refractivity contribution in [3.05, 3.63) is 82.0 Å². The fraction of sp³-hybridized carbons (Fsp3) is 0.217. The largest absolute Gasteiger partial charge is 0.478 e. The summed E-state index contributed by atoms with van der Waals surface area (Å²) in [6.45, 7) is 3.62. The Morgan fingerprint density at radius 1 is 1.09 bits per heavy atom. The van der Waals surface area contributed by atoms with Gasteiger partial charge in [-0.3, -0.25) is 14.7 Å². The van der Waals surface area contributed by atoms with E-state index in [9.17, 15) is 23.2 Å². The molecule has 3 N–H and O–H groups in total. The van der Waals surface area contributed by atoms with Gasteiger partial charge in [0.15, 0.2) is 5.82 Å². The van der Waals surface area contributed by atoms with E-state index in [1.54, 1.807) is 13.8 Å². The highest BCUT2D eigenvalue weighted by Crippen LogP contribution is 2.41. The summed E-state index contributed by atoms with van der Waals surface area (Å²) in [6, 6.07) is 8.84. The second kappa shape index (κ2) is 8.12. The Labute approximate surface area is 187 Å². The van der Waals surface area contributed by atoms with E-state index in [0.717, 1.165) is 12.1 Å². The van der Waals surface area contributed by atoms with Gasteiger partial charge in [0, 0.05) is 16.7 Å². The van der Waals surface area contributed by atoms with E-state index in [4.69, 9.17) is 5.11 Å². The van der Waals surface area contributed by atoms with E-state index in [-0.39, 0.29) is 29.1 Å². The molecule has 33 heavy (non-hydrogen) atoms. The minimum Gasteiger partial charge on any atom is -0.478 e. The molecule has 170 valence electrons. The molecule has 0 saturated heterocycles. The number of rotatable bonds is 5. The van der Waals surface area contributed by atoms with Crippen LogP contribution in [0.25, 0.3) is 0 Å². The molecule has 2 aromatic carbocycles. The number of aromatic amines is 1. The van der Waals surface area contributed by atoms with Gasteiger partial charge in [-0.25, -0.2) is 13.6 Å². The Hall–Kier alpha value is -4.08. The van der Waals surface area contributed by atoms with E-state index >= 15 is 0 Å². The normalized spacial score (nSPS) is 14.1. The van der Waals surface area contributed by atoms with Crippen molar-refractivity contribution < 1.29 is 28.3 Å². The van der Waals surface area contributed by atoms with Crippen LogP contribution >= 0.6 is 0 Å². The van der Waals surface area contributed by atoms with Gasteiger partial charge >= 0.3 is 5.97 Å². The molecule has 1 aliphatic rings. The van der Waals surface area contributed by atoms with Crippen molar-refractivity contribution in [1.82, 2.24) is 15.1 Å². The Morgan fingerprint density at radius 2 is 1.70 bits per heavy atom. The van der Waals surface area contributed by atoms with Crippen LogP contribution in [0.1, 0.15) is 51.4 Å². The molecule has 1 aliphatic heterocycles. The first-order valence-corrected chi connectivity index (χ1v) is 10.1. The fourth-order valence-corrected chi connectivity index (χ4v) is 3.91. The zero-order valence-corrected chi connectivity index (χ0v) is 17.8. The first-order valence-electron chi connectivity index (χ1n) is 10.1. The van der Waals surface area contributed by atoms with Crippen molar-refractivity contribution in [2.24, 2.45) is 0 Å². The summed E-state index contributed by atoms with van der Waals surface area (Å²) in [5, 5.41) is 18.6. The van der Waals surface area contributed by atoms with Crippen LogP contribution in [-0.4, -0.2) is 38.0 Å². The summed E-state index contributed by atoms with van der Waals surface area (Å²) < 4.78 is 28.0. The topological polar surface area (TPSA) is 115 Å². The number of hydrogen-bond acceptors (Lipinski definition) is 4. The quantitative estimate of drug-likeness (QED) is 0.546. The summed E-state index contributed by atoms with van der Waals surface area (Å²) in [4.78, 5) is 38.0. The predicted octanol–water partition coefficient (Wildman–Crippen LogP) is 3.46. The van der Waals surface area contributed by atoms with Crippen LogP contribution in [0.15, 0.2) is 42.5 Å². The molecule has 0 atom stereocenters. The Bertz CT molecular complexity index is 1250. The highest BCUT2D eigenvalue weighted by atomic mass is 19.1. The van der Waals surface area contributed by atoms with Gasteiger partial charge in [0.2, 0.25) is 5.91 Å². The van der Waals surface area contributed by atoms with E-state index in [2.05, 4.69) is 15.5 Å². The Kier molecular flexibility index (Phi) is 5.44. The zero-order valence-electron chi connectivity index (χ0n) is 17.8. The molecular weight excluding hydrogens is 434 g/mol. The summed E-state index contributed by atoms with van der Waals surface area (Å²) in [7, 11) is 0. The number of amides is 2. The summed E-state index contributed by atoms with van der Waals surface area (Å²) >= 11 is 0. The van der Waals surface area contributed by atoms with Crippen molar-refractivity contribution in [1.29, 1.82) is 0 Å². The lowest BCUT2D eigenvalue weighted by Crippen LogP contribution is -2.41. The van der Waals surface area contributed by atoms with E-state index in [1.807, 2.05) is 0 Å². The number of carboxylic acid groups (broad SMARTS) is 1. The van der Waals surface area contributed by atoms with Gasteiger partial charge < -0.3 is 15.3 Å². The fourth-order valence-electron chi connectivity index (χ4n) is 3.91. The van der Waals surface area contributed by atoms with Crippen molar-refractivity contribution >= 4 is 23.6 Å². The van der Waals surface area contributed by atoms with Gasteiger partial charge in [-0.05, 0) is 50.2 Å². The third kappa shape index (κ3) is 3.95. The van der Waals surface area contributed by atoms with Gasteiger partial charge in [0.1, 0.15) is 11.6 Å². The number of nitrogens with one attached hydrogen (secondary N) is 2. The van der Waals surface area contributed by atoms with Gasteiger partial charge in [0.25, 0.3) is 5.91 Å². The molecule has 1 aromatic heterocycles. The number of halogens is 2. The molecule has 0 bridgehead atoms. The average Bonchev–Trinajstić information content (AvgIpc) is 3.29. The molecule has 4 rings (SSSR count). The zero-order chi connectivity index (χ0) is 23.9. The lowest BCUT2D eigenvalue weighted by atomic mass is 10.00. The van der Waals surface area contributed by atoms with Crippen LogP contribution in [0, 0.1) is 11.6 Å². The maximum Gasteiger partial charge on any atom is 0.335 e. The van der Waals surface area contributed by atoms with E-state index in [1.165, 1.54) is 35.2 Å². The minimum atomic E-state index is -1.10. The first kappa shape index (κ1) is 22.1. The molecule has 0 fully saturated rings. The third-order valence-corrected chi connectivity index (χ3v) is 5.79. The number of H-pyrrole nitrogens is 1. The minimum absolute atomic E-state index is 0.0504.